The van der Waals surface area contributed by atoms with Gasteiger partial charge in [0.25, 0.3) is 0 Å². The highest BCUT2D eigenvalue weighted by Gasteiger charge is 2.22. The minimum Gasteiger partial charge on any atom is -0.354 e. The zero-order valence-electron chi connectivity index (χ0n) is 15.6. The average molecular weight is 387 g/mol. The van der Waals surface area contributed by atoms with Crippen LogP contribution in [0.4, 0.5) is 0 Å². The van der Waals surface area contributed by atoms with Gasteiger partial charge in [-0.25, -0.2) is 8.42 Å². The number of sulfonamides is 1. The second kappa shape index (κ2) is 8.67. The van der Waals surface area contributed by atoms with Crippen molar-refractivity contribution < 1.29 is 13.2 Å². The molecule has 1 amide bonds. The number of amides is 1. The molecular weight excluding hydrogens is 360 g/mol. The maximum Gasteiger partial charge on any atom is 0.241 e. The number of rotatable bonds is 7. The van der Waals surface area contributed by atoms with E-state index in [0.29, 0.717) is 6.54 Å². The third-order valence-electron chi connectivity index (χ3n) is 4.89. The molecule has 1 atom stereocenters. The summed E-state index contributed by atoms with van der Waals surface area (Å²) in [6.07, 6.45) is 7.74. The van der Waals surface area contributed by atoms with Crippen LogP contribution in [0.5, 0.6) is 0 Å². The number of allylic oxidation sites excluding steroid dienone is 1. The topological polar surface area (TPSA) is 75.3 Å². The van der Waals surface area contributed by atoms with Gasteiger partial charge in [-0.2, -0.15) is 4.72 Å². The Morgan fingerprint density at radius 3 is 2.63 bits per heavy atom. The summed E-state index contributed by atoms with van der Waals surface area (Å²) >= 11 is 0. The molecule has 1 aliphatic rings. The lowest BCUT2D eigenvalue weighted by Crippen LogP contribution is -2.45. The highest BCUT2D eigenvalue weighted by atomic mass is 32.2. The van der Waals surface area contributed by atoms with Crippen LogP contribution >= 0.6 is 0 Å². The van der Waals surface area contributed by atoms with Gasteiger partial charge >= 0.3 is 0 Å². The molecule has 0 bridgehead atoms. The number of hydrogen-bond donors (Lipinski definition) is 2. The lowest BCUT2D eigenvalue weighted by Gasteiger charge is -2.16. The largest absolute Gasteiger partial charge is 0.354 e. The van der Waals surface area contributed by atoms with Crippen LogP contribution in [-0.2, 0) is 14.8 Å². The van der Waals surface area contributed by atoms with Crippen molar-refractivity contribution in [1.29, 1.82) is 0 Å². The minimum atomic E-state index is -3.76. The Labute approximate surface area is 160 Å². The summed E-state index contributed by atoms with van der Waals surface area (Å²) in [4.78, 5) is 12.4. The summed E-state index contributed by atoms with van der Waals surface area (Å²) in [6, 6.07) is 11.7. The zero-order chi connectivity index (χ0) is 19.3. The Balaban J connectivity index is 1.58. The Morgan fingerprint density at radius 1 is 1.11 bits per heavy atom. The van der Waals surface area contributed by atoms with Gasteiger partial charge in [0.1, 0.15) is 0 Å². The van der Waals surface area contributed by atoms with Gasteiger partial charge in [0.05, 0.1) is 10.9 Å². The summed E-state index contributed by atoms with van der Waals surface area (Å²) < 4.78 is 27.7. The van der Waals surface area contributed by atoms with E-state index >= 15 is 0 Å². The summed E-state index contributed by atoms with van der Waals surface area (Å²) in [6.45, 7) is 2.10. The predicted octanol–water partition coefficient (Wildman–Crippen LogP) is 3.51. The van der Waals surface area contributed by atoms with Crippen molar-refractivity contribution in [2.24, 2.45) is 0 Å². The first-order valence-electron chi connectivity index (χ1n) is 9.42. The van der Waals surface area contributed by atoms with E-state index in [2.05, 4.69) is 16.1 Å². The molecule has 1 aliphatic carbocycles. The molecule has 0 aromatic heterocycles. The quantitative estimate of drug-likeness (QED) is 0.715. The summed E-state index contributed by atoms with van der Waals surface area (Å²) in [5, 5.41) is 4.64. The summed E-state index contributed by atoms with van der Waals surface area (Å²) in [5.41, 5.74) is 1.38. The van der Waals surface area contributed by atoms with E-state index in [1.165, 1.54) is 18.4 Å². The van der Waals surface area contributed by atoms with Crippen molar-refractivity contribution in [1.82, 2.24) is 10.0 Å². The van der Waals surface area contributed by atoms with Crippen LogP contribution in [0.3, 0.4) is 0 Å². The second-order valence-corrected chi connectivity index (χ2v) is 8.72. The molecule has 5 nitrogen and oxygen atoms in total. The van der Waals surface area contributed by atoms with E-state index < -0.39 is 16.1 Å². The van der Waals surface area contributed by atoms with Gasteiger partial charge in [-0.15, -0.1) is 0 Å². The maximum absolute atomic E-state index is 12.6. The average Bonchev–Trinajstić information content (AvgIpc) is 2.68. The molecule has 2 N–H and O–H groups in total. The van der Waals surface area contributed by atoms with Gasteiger partial charge in [0, 0.05) is 6.54 Å². The molecule has 0 saturated carbocycles. The Hall–Kier alpha value is -2.18. The van der Waals surface area contributed by atoms with Crippen molar-refractivity contribution in [2.45, 2.75) is 50.0 Å². The molecule has 0 unspecified atom stereocenters. The molecule has 6 heteroatoms. The third-order valence-corrected chi connectivity index (χ3v) is 6.43. The van der Waals surface area contributed by atoms with Crippen LogP contribution in [0.15, 0.2) is 59.0 Å². The van der Waals surface area contributed by atoms with Gasteiger partial charge in [-0.3, -0.25) is 4.79 Å². The van der Waals surface area contributed by atoms with Gasteiger partial charge in [0.2, 0.25) is 15.9 Å². The smallest absolute Gasteiger partial charge is 0.241 e. The van der Waals surface area contributed by atoms with E-state index in [9.17, 15) is 13.2 Å². The Bertz CT molecular complexity index is 951. The third kappa shape index (κ3) is 5.17. The molecular formula is C21H26N2O3S. The number of fused-ring (bicyclic) bond motifs is 1. The van der Waals surface area contributed by atoms with E-state index in [4.69, 9.17) is 0 Å². The van der Waals surface area contributed by atoms with Crippen LogP contribution in [0.25, 0.3) is 10.8 Å². The van der Waals surface area contributed by atoms with Crippen molar-refractivity contribution in [3.63, 3.8) is 0 Å². The summed E-state index contributed by atoms with van der Waals surface area (Å²) in [5.74, 6) is -0.309. The zero-order valence-corrected chi connectivity index (χ0v) is 16.4. The normalized spacial score (nSPS) is 16.0. The van der Waals surface area contributed by atoms with Gasteiger partial charge in [-0.05, 0) is 61.9 Å². The first kappa shape index (κ1) is 19.6. The molecule has 27 heavy (non-hydrogen) atoms. The van der Waals surface area contributed by atoms with Crippen LogP contribution in [0.1, 0.15) is 39.0 Å². The highest BCUT2D eigenvalue weighted by molar-refractivity contribution is 7.89. The molecule has 3 rings (SSSR count). The van der Waals surface area contributed by atoms with E-state index in [1.807, 2.05) is 24.3 Å². The SMILES string of the molecule is C[C@@H](NS(=O)(=O)c1ccc2ccccc2c1)C(=O)NCCC1=CCCCC1. The molecule has 2 aromatic rings. The lowest BCUT2D eigenvalue weighted by molar-refractivity contribution is -0.122. The fourth-order valence-electron chi connectivity index (χ4n) is 3.32. The molecule has 0 saturated heterocycles. The van der Waals surface area contributed by atoms with Gasteiger partial charge in [0.15, 0.2) is 0 Å². The Morgan fingerprint density at radius 2 is 1.89 bits per heavy atom. The summed E-state index contributed by atoms with van der Waals surface area (Å²) in [7, 11) is -3.76. The Kier molecular flexibility index (Phi) is 6.29. The molecule has 2 aromatic carbocycles. The van der Waals surface area contributed by atoms with Crippen molar-refractivity contribution >= 4 is 26.7 Å². The molecule has 144 valence electrons. The van der Waals surface area contributed by atoms with Crippen LogP contribution in [0, 0.1) is 0 Å². The first-order valence-corrected chi connectivity index (χ1v) is 10.9. The molecule has 0 radical (unpaired) electrons. The number of hydrogen-bond acceptors (Lipinski definition) is 3. The van der Waals surface area contributed by atoms with Crippen LogP contribution in [0.2, 0.25) is 0 Å². The highest BCUT2D eigenvalue weighted by Crippen LogP contribution is 2.20. The number of carbonyl (C=O) groups is 1. The lowest BCUT2D eigenvalue weighted by atomic mass is 9.97. The monoisotopic (exact) mass is 386 g/mol. The minimum absolute atomic E-state index is 0.160. The molecule has 0 spiro atoms. The van der Waals surface area contributed by atoms with Crippen molar-refractivity contribution in [3.05, 3.63) is 54.1 Å². The molecule has 0 fully saturated rings. The second-order valence-electron chi connectivity index (χ2n) is 7.00. The number of carbonyl (C=O) groups excluding carboxylic acids is 1. The van der Waals surface area contributed by atoms with E-state index in [1.54, 1.807) is 25.1 Å². The first-order chi connectivity index (χ1) is 13.0. The van der Waals surface area contributed by atoms with Crippen molar-refractivity contribution in [3.8, 4) is 0 Å². The molecule has 0 heterocycles. The fraction of sp³-hybridized carbons (Fsp3) is 0.381. The predicted molar refractivity (Wildman–Crippen MR) is 108 cm³/mol. The van der Waals surface area contributed by atoms with Crippen molar-refractivity contribution in [2.75, 3.05) is 6.54 Å². The van der Waals surface area contributed by atoms with E-state index in [0.717, 1.165) is 30.0 Å². The standard InChI is InChI=1S/C21H26N2O3S/c1-16(21(24)22-14-13-17-7-3-2-4-8-17)23-27(25,26)20-12-11-18-9-5-6-10-19(18)15-20/h5-7,9-12,15-16,23H,2-4,8,13-14H2,1H3,(H,22,24)/t16-/m1/s1. The van der Waals surface area contributed by atoms with E-state index in [-0.39, 0.29) is 10.8 Å². The van der Waals surface area contributed by atoms with Gasteiger partial charge < -0.3 is 5.32 Å². The van der Waals surface area contributed by atoms with Crippen LogP contribution in [-0.4, -0.2) is 26.9 Å². The number of nitrogens with one attached hydrogen (secondary N) is 2. The number of benzene rings is 2. The van der Waals surface area contributed by atoms with Crippen LogP contribution < -0.4 is 10.0 Å². The maximum atomic E-state index is 12.6. The van der Waals surface area contributed by atoms with Gasteiger partial charge in [-0.1, -0.05) is 42.0 Å². The molecule has 0 aliphatic heterocycles. The fourth-order valence-corrected chi connectivity index (χ4v) is 4.56.